The Morgan fingerprint density at radius 3 is 2.71 bits per heavy atom. The summed E-state index contributed by atoms with van der Waals surface area (Å²) >= 11 is 10.8. The van der Waals surface area contributed by atoms with Crippen molar-refractivity contribution in [2.45, 2.75) is 18.6 Å². The molecule has 0 aliphatic heterocycles. The van der Waals surface area contributed by atoms with Crippen LogP contribution < -0.4 is 5.32 Å². The van der Waals surface area contributed by atoms with E-state index in [9.17, 15) is 4.79 Å². The minimum Gasteiger partial charge on any atom is -0.324 e. The topological polar surface area (TPSA) is 59.8 Å². The predicted molar refractivity (Wildman–Crippen MR) is 119 cm³/mol. The molecule has 28 heavy (non-hydrogen) atoms. The summed E-state index contributed by atoms with van der Waals surface area (Å²) in [5.41, 5.74) is 2.76. The Hall–Kier alpha value is -2.09. The first-order valence-corrected chi connectivity index (χ1v) is 10.6. The third kappa shape index (κ3) is 5.04. The lowest BCUT2D eigenvalue weighted by Crippen LogP contribution is -2.15. The lowest BCUT2D eigenvalue weighted by atomic mass is 10.2. The average molecular weight is 478 g/mol. The molecule has 0 atom stereocenters. The van der Waals surface area contributed by atoms with Gasteiger partial charge in [-0.3, -0.25) is 9.36 Å². The largest absolute Gasteiger partial charge is 0.324 e. The summed E-state index contributed by atoms with van der Waals surface area (Å²) in [6.07, 6.45) is 1.77. The van der Waals surface area contributed by atoms with E-state index in [-0.39, 0.29) is 11.7 Å². The van der Waals surface area contributed by atoms with Gasteiger partial charge in [0.15, 0.2) is 11.0 Å². The summed E-state index contributed by atoms with van der Waals surface area (Å²) in [5.74, 6) is 0.812. The molecule has 3 rings (SSSR count). The Morgan fingerprint density at radius 2 is 2.04 bits per heavy atom. The van der Waals surface area contributed by atoms with Crippen molar-refractivity contribution in [3.05, 3.63) is 70.2 Å². The summed E-state index contributed by atoms with van der Waals surface area (Å²) in [6, 6.07) is 13.2. The van der Waals surface area contributed by atoms with Gasteiger partial charge >= 0.3 is 0 Å². The van der Waals surface area contributed by atoms with Crippen LogP contribution in [0.5, 0.6) is 0 Å². The Labute approximate surface area is 181 Å². The number of aryl methyl sites for hydroxylation is 1. The van der Waals surface area contributed by atoms with E-state index in [0.717, 1.165) is 21.3 Å². The molecule has 2 aromatic carbocycles. The molecule has 1 amide bonds. The minimum atomic E-state index is -0.115. The number of rotatable bonds is 7. The summed E-state index contributed by atoms with van der Waals surface area (Å²) in [7, 11) is 0. The first-order valence-electron chi connectivity index (χ1n) is 8.46. The fourth-order valence-electron chi connectivity index (χ4n) is 2.54. The summed E-state index contributed by atoms with van der Waals surface area (Å²) in [6.45, 7) is 6.34. The van der Waals surface area contributed by atoms with Gasteiger partial charge in [-0.2, -0.15) is 0 Å². The van der Waals surface area contributed by atoms with Crippen molar-refractivity contribution < 1.29 is 4.79 Å². The SMILES string of the molecule is C=CCn1c(SCC(=O)Nc2ccc(C)cc2Br)nnc1-c1ccc(Cl)cc1. The molecular weight excluding hydrogens is 460 g/mol. The normalized spacial score (nSPS) is 10.7. The zero-order valence-electron chi connectivity index (χ0n) is 15.2. The highest BCUT2D eigenvalue weighted by molar-refractivity contribution is 9.10. The molecule has 8 heteroatoms. The first kappa shape index (κ1) is 20.6. The van der Waals surface area contributed by atoms with E-state index in [2.05, 4.69) is 38.0 Å². The van der Waals surface area contributed by atoms with Crippen LogP contribution in [0.3, 0.4) is 0 Å². The van der Waals surface area contributed by atoms with Gasteiger partial charge in [0.05, 0.1) is 11.4 Å². The number of benzene rings is 2. The van der Waals surface area contributed by atoms with Crippen molar-refractivity contribution in [3.8, 4) is 11.4 Å². The number of nitrogens with zero attached hydrogens (tertiary/aromatic N) is 3. The summed E-state index contributed by atoms with van der Waals surface area (Å²) in [5, 5.41) is 12.7. The smallest absolute Gasteiger partial charge is 0.234 e. The maximum Gasteiger partial charge on any atom is 0.234 e. The van der Waals surface area contributed by atoms with Gasteiger partial charge in [0.2, 0.25) is 5.91 Å². The number of halogens is 2. The van der Waals surface area contributed by atoms with Crippen molar-refractivity contribution in [2.24, 2.45) is 0 Å². The van der Waals surface area contributed by atoms with Crippen LogP contribution in [0, 0.1) is 6.92 Å². The van der Waals surface area contributed by atoms with Crippen LogP contribution in [0.2, 0.25) is 5.02 Å². The Bertz CT molecular complexity index is 1000. The van der Waals surface area contributed by atoms with Gasteiger partial charge in [-0.25, -0.2) is 0 Å². The maximum absolute atomic E-state index is 12.4. The second-order valence-corrected chi connectivity index (χ2v) is 8.27. The van der Waals surface area contributed by atoms with Gasteiger partial charge in [0.25, 0.3) is 0 Å². The third-order valence-electron chi connectivity index (χ3n) is 3.86. The number of carbonyl (C=O) groups is 1. The molecule has 0 unspecified atom stereocenters. The van der Waals surface area contributed by atoms with Crippen LogP contribution in [0.25, 0.3) is 11.4 Å². The second kappa shape index (κ2) is 9.41. The predicted octanol–water partition coefficient (Wildman–Crippen LogP) is 5.59. The molecule has 1 N–H and O–H groups in total. The molecule has 0 fully saturated rings. The van der Waals surface area contributed by atoms with Crippen LogP contribution in [0.4, 0.5) is 5.69 Å². The van der Waals surface area contributed by atoms with Crippen LogP contribution in [0.1, 0.15) is 5.56 Å². The molecule has 3 aromatic rings. The van der Waals surface area contributed by atoms with Gasteiger partial charge < -0.3 is 5.32 Å². The van der Waals surface area contributed by atoms with Gasteiger partial charge in [0, 0.05) is 21.6 Å². The van der Waals surface area contributed by atoms with Crippen molar-refractivity contribution in [3.63, 3.8) is 0 Å². The molecule has 0 radical (unpaired) electrons. The first-order chi connectivity index (χ1) is 13.5. The number of anilines is 1. The average Bonchev–Trinajstić information content (AvgIpc) is 3.06. The van der Waals surface area contributed by atoms with Gasteiger partial charge in [-0.05, 0) is 64.8 Å². The van der Waals surface area contributed by atoms with Gasteiger partial charge in [0.1, 0.15) is 0 Å². The number of allylic oxidation sites excluding steroid dienone is 1. The lowest BCUT2D eigenvalue weighted by molar-refractivity contribution is -0.113. The molecule has 0 saturated heterocycles. The fourth-order valence-corrected chi connectivity index (χ4v) is 4.01. The van der Waals surface area contributed by atoms with Crippen molar-refractivity contribution in [1.29, 1.82) is 0 Å². The second-order valence-electron chi connectivity index (χ2n) is 6.03. The van der Waals surface area contributed by atoms with Gasteiger partial charge in [-0.15, -0.1) is 16.8 Å². The van der Waals surface area contributed by atoms with E-state index < -0.39 is 0 Å². The third-order valence-corrected chi connectivity index (χ3v) is 5.74. The molecule has 1 aromatic heterocycles. The Kier molecular flexibility index (Phi) is 6.93. The number of carbonyl (C=O) groups excluding carboxylic acids is 1. The molecule has 0 aliphatic carbocycles. The van der Waals surface area contributed by atoms with Gasteiger partial charge in [-0.1, -0.05) is 35.5 Å². The van der Waals surface area contributed by atoms with E-state index in [0.29, 0.717) is 22.5 Å². The highest BCUT2D eigenvalue weighted by Gasteiger charge is 2.15. The highest BCUT2D eigenvalue weighted by Crippen LogP contribution is 2.26. The number of hydrogen-bond donors (Lipinski definition) is 1. The number of amides is 1. The Morgan fingerprint density at radius 1 is 1.29 bits per heavy atom. The molecule has 0 aliphatic rings. The molecular formula is C20H18BrClN4OS. The van der Waals surface area contributed by atoms with E-state index in [1.807, 2.05) is 54.0 Å². The van der Waals surface area contributed by atoms with Crippen molar-refractivity contribution >= 4 is 50.9 Å². The van der Waals surface area contributed by atoms with E-state index in [1.165, 1.54) is 11.8 Å². The van der Waals surface area contributed by atoms with Crippen LogP contribution in [-0.4, -0.2) is 26.4 Å². The quantitative estimate of drug-likeness (QED) is 0.356. The summed E-state index contributed by atoms with van der Waals surface area (Å²) in [4.78, 5) is 12.4. The fraction of sp³-hybridized carbons (Fsp3) is 0.150. The van der Waals surface area contributed by atoms with E-state index >= 15 is 0 Å². The molecule has 0 saturated carbocycles. The highest BCUT2D eigenvalue weighted by atomic mass is 79.9. The molecule has 0 spiro atoms. The molecule has 144 valence electrons. The van der Waals surface area contributed by atoms with Crippen LogP contribution >= 0.6 is 39.3 Å². The molecule has 5 nitrogen and oxygen atoms in total. The molecule has 0 bridgehead atoms. The standard InChI is InChI=1S/C20H18BrClN4OS/c1-3-10-26-19(14-5-7-15(22)8-6-14)24-25-20(26)28-12-18(27)23-17-9-4-13(2)11-16(17)21/h3-9,11H,1,10,12H2,2H3,(H,23,27). The van der Waals surface area contributed by atoms with Crippen LogP contribution in [-0.2, 0) is 11.3 Å². The lowest BCUT2D eigenvalue weighted by Gasteiger charge is -2.09. The zero-order chi connectivity index (χ0) is 20.1. The Balaban J connectivity index is 1.72. The van der Waals surface area contributed by atoms with E-state index in [4.69, 9.17) is 11.6 Å². The molecule has 1 heterocycles. The number of aromatic nitrogens is 3. The minimum absolute atomic E-state index is 0.115. The summed E-state index contributed by atoms with van der Waals surface area (Å²) < 4.78 is 2.78. The number of hydrogen-bond acceptors (Lipinski definition) is 4. The number of nitrogens with one attached hydrogen (secondary N) is 1. The maximum atomic E-state index is 12.4. The van der Waals surface area contributed by atoms with Crippen LogP contribution in [0.15, 0.2) is 64.7 Å². The zero-order valence-corrected chi connectivity index (χ0v) is 18.3. The monoisotopic (exact) mass is 476 g/mol. The van der Waals surface area contributed by atoms with E-state index in [1.54, 1.807) is 6.08 Å². The number of thioether (sulfide) groups is 1. The van der Waals surface area contributed by atoms with Crippen molar-refractivity contribution in [2.75, 3.05) is 11.1 Å². The van der Waals surface area contributed by atoms with Crippen molar-refractivity contribution in [1.82, 2.24) is 14.8 Å².